The molecule has 32 heavy (non-hydrogen) atoms. The molecule has 2 atom stereocenters. The van der Waals surface area contributed by atoms with E-state index in [4.69, 9.17) is 5.73 Å². The summed E-state index contributed by atoms with van der Waals surface area (Å²) in [5, 5.41) is 3.39. The molecule has 0 saturated carbocycles. The number of rotatable bonds is 15. The predicted octanol–water partition coefficient (Wildman–Crippen LogP) is 4.45. The van der Waals surface area contributed by atoms with Crippen LogP contribution in [0.15, 0.2) is 47.5 Å². The number of hydrogen-bond donors (Lipinski definition) is 3. The Morgan fingerprint density at radius 2 is 1.72 bits per heavy atom. The van der Waals surface area contributed by atoms with Gasteiger partial charge in [-0.1, -0.05) is 50.8 Å². The average Bonchev–Trinajstić information content (AvgIpc) is 3.30. The molecule has 6 nitrogen and oxygen atoms in total. The molecule has 0 spiro atoms. The summed E-state index contributed by atoms with van der Waals surface area (Å²) in [5.74, 6) is -1.40. The van der Waals surface area contributed by atoms with Gasteiger partial charge in [-0.2, -0.15) is 0 Å². The third kappa shape index (κ3) is 5.81. The molecule has 0 bridgehead atoms. The van der Waals surface area contributed by atoms with Gasteiger partial charge in [-0.05, 0) is 70.0 Å². The van der Waals surface area contributed by atoms with Crippen LogP contribution in [0.5, 0.6) is 0 Å². The molecular weight excluding hydrogens is 422 g/mol. The van der Waals surface area contributed by atoms with E-state index in [0.717, 1.165) is 37.8 Å². The summed E-state index contributed by atoms with van der Waals surface area (Å²) < 4.78 is 27.1. The molecule has 1 heterocycles. The minimum Gasteiger partial charge on any atom is -0.369 e. The van der Waals surface area contributed by atoms with Crippen molar-refractivity contribution in [3.05, 3.63) is 53.9 Å². The van der Waals surface area contributed by atoms with Gasteiger partial charge >= 0.3 is 0 Å². The van der Waals surface area contributed by atoms with E-state index in [0.29, 0.717) is 31.5 Å². The molecule has 1 aromatic heterocycles. The highest BCUT2D eigenvalue weighted by molar-refractivity contribution is 7.92. The number of primary amides is 1. The van der Waals surface area contributed by atoms with E-state index in [-0.39, 0.29) is 4.90 Å². The van der Waals surface area contributed by atoms with Gasteiger partial charge in [0, 0.05) is 11.9 Å². The SMILES string of the molecule is CCCCNCCCC(c1ccc[nH]1)(C(CCCC)C(N)=O)S(=O)(=O)c1ccc(C)cc1. The first-order valence-electron chi connectivity index (χ1n) is 11.8. The zero-order valence-corrected chi connectivity index (χ0v) is 20.5. The zero-order chi connectivity index (χ0) is 23.6. The second kappa shape index (κ2) is 12.2. The van der Waals surface area contributed by atoms with Crippen LogP contribution in [0.3, 0.4) is 0 Å². The van der Waals surface area contributed by atoms with Gasteiger partial charge in [0.2, 0.25) is 5.91 Å². The van der Waals surface area contributed by atoms with E-state index in [1.54, 1.807) is 42.6 Å². The predicted molar refractivity (Wildman–Crippen MR) is 130 cm³/mol. The Balaban J connectivity index is 2.59. The summed E-state index contributed by atoms with van der Waals surface area (Å²) in [6.45, 7) is 7.67. The van der Waals surface area contributed by atoms with Crippen LogP contribution in [0.25, 0.3) is 0 Å². The van der Waals surface area contributed by atoms with Gasteiger partial charge < -0.3 is 16.0 Å². The van der Waals surface area contributed by atoms with E-state index in [1.807, 2.05) is 13.8 Å². The third-order valence-electron chi connectivity index (χ3n) is 6.23. The minimum atomic E-state index is -3.93. The standard InChI is InChI=1S/C25H39N3O3S/c1-4-6-10-22(24(26)29)25(23-11-8-19-28-23,16-9-18-27-17-7-5-2)32(30,31)21-14-12-20(3)13-15-21/h8,11-15,19,22,27-28H,4-7,9-10,16-18H2,1-3H3,(H2,26,29). The fourth-order valence-corrected chi connectivity index (χ4v) is 6.75. The van der Waals surface area contributed by atoms with Gasteiger partial charge in [-0.15, -0.1) is 0 Å². The highest BCUT2D eigenvalue weighted by Crippen LogP contribution is 2.47. The lowest BCUT2D eigenvalue weighted by molar-refractivity contribution is -0.123. The van der Waals surface area contributed by atoms with Gasteiger partial charge in [0.05, 0.1) is 10.8 Å². The molecule has 1 amide bonds. The van der Waals surface area contributed by atoms with Crippen molar-refractivity contribution < 1.29 is 13.2 Å². The summed E-state index contributed by atoms with van der Waals surface area (Å²) in [4.78, 5) is 16.1. The Kier molecular flexibility index (Phi) is 9.97. The highest BCUT2D eigenvalue weighted by Gasteiger charge is 2.54. The molecule has 0 aliphatic rings. The van der Waals surface area contributed by atoms with Gasteiger partial charge in [-0.25, -0.2) is 8.42 Å². The van der Waals surface area contributed by atoms with Crippen LogP contribution in [0.2, 0.25) is 0 Å². The number of amides is 1. The molecule has 0 fully saturated rings. The molecule has 2 aromatic rings. The quantitative estimate of drug-likeness (QED) is 0.341. The summed E-state index contributed by atoms with van der Waals surface area (Å²) in [6.07, 6.45) is 6.82. The van der Waals surface area contributed by atoms with E-state index in [2.05, 4.69) is 17.2 Å². The molecule has 0 radical (unpaired) electrons. The van der Waals surface area contributed by atoms with Crippen LogP contribution < -0.4 is 11.1 Å². The van der Waals surface area contributed by atoms with Crippen molar-refractivity contribution in [3.63, 3.8) is 0 Å². The second-order valence-corrected chi connectivity index (χ2v) is 10.8. The molecule has 0 saturated heterocycles. The largest absolute Gasteiger partial charge is 0.369 e. The Labute approximate surface area is 193 Å². The number of nitrogens with two attached hydrogens (primary N) is 1. The molecule has 2 unspecified atom stereocenters. The molecule has 7 heteroatoms. The van der Waals surface area contributed by atoms with Crippen molar-refractivity contribution in [2.75, 3.05) is 13.1 Å². The first kappa shape index (κ1) is 26.1. The van der Waals surface area contributed by atoms with Crippen LogP contribution in [0.1, 0.15) is 70.1 Å². The van der Waals surface area contributed by atoms with Crippen LogP contribution in [-0.2, 0) is 19.4 Å². The van der Waals surface area contributed by atoms with Crippen molar-refractivity contribution in [2.45, 2.75) is 75.4 Å². The summed E-state index contributed by atoms with van der Waals surface area (Å²) in [5.41, 5.74) is 7.42. The number of H-pyrrole nitrogens is 1. The second-order valence-electron chi connectivity index (χ2n) is 8.59. The van der Waals surface area contributed by atoms with E-state index in [9.17, 15) is 13.2 Å². The number of carbonyl (C=O) groups excluding carboxylic acids is 1. The zero-order valence-electron chi connectivity index (χ0n) is 19.7. The summed E-state index contributed by atoms with van der Waals surface area (Å²) >= 11 is 0. The van der Waals surface area contributed by atoms with Crippen molar-refractivity contribution in [1.29, 1.82) is 0 Å². The molecule has 0 aliphatic carbocycles. The van der Waals surface area contributed by atoms with Crippen molar-refractivity contribution in [2.24, 2.45) is 11.7 Å². The van der Waals surface area contributed by atoms with Crippen LogP contribution >= 0.6 is 0 Å². The van der Waals surface area contributed by atoms with E-state index in [1.165, 1.54) is 0 Å². The Morgan fingerprint density at radius 1 is 1.06 bits per heavy atom. The number of aromatic nitrogens is 1. The maximum Gasteiger partial charge on any atom is 0.222 e. The molecule has 0 aliphatic heterocycles. The minimum absolute atomic E-state index is 0.222. The monoisotopic (exact) mass is 461 g/mol. The van der Waals surface area contributed by atoms with Crippen molar-refractivity contribution in [3.8, 4) is 0 Å². The Hall–Kier alpha value is -2.12. The number of hydrogen-bond acceptors (Lipinski definition) is 4. The van der Waals surface area contributed by atoms with E-state index >= 15 is 0 Å². The fraction of sp³-hybridized carbons (Fsp3) is 0.560. The average molecular weight is 462 g/mol. The first-order chi connectivity index (χ1) is 15.3. The van der Waals surface area contributed by atoms with Crippen LogP contribution in [0.4, 0.5) is 0 Å². The molecule has 2 rings (SSSR count). The van der Waals surface area contributed by atoms with Crippen LogP contribution in [0, 0.1) is 12.8 Å². The van der Waals surface area contributed by atoms with Gasteiger partial charge in [0.1, 0.15) is 4.75 Å². The number of carbonyl (C=O) groups is 1. The summed E-state index contributed by atoms with van der Waals surface area (Å²) in [6, 6.07) is 10.4. The molecule has 1 aromatic carbocycles. The molecular formula is C25H39N3O3S. The fourth-order valence-electron chi connectivity index (χ4n) is 4.40. The smallest absolute Gasteiger partial charge is 0.222 e. The maximum atomic E-state index is 14.3. The van der Waals surface area contributed by atoms with Crippen molar-refractivity contribution in [1.82, 2.24) is 10.3 Å². The number of benzene rings is 1. The van der Waals surface area contributed by atoms with Crippen molar-refractivity contribution >= 4 is 15.7 Å². The van der Waals surface area contributed by atoms with Crippen LogP contribution in [-0.4, -0.2) is 32.4 Å². The number of aryl methyl sites for hydroxylation is 1. The van der Waals surface area contributed by atoms with Gasteiger partial charge in [0.25, 0.3) is 0 Å². The lowest BCUT2D eigenvalue weighted by Gasteiger charge is -2.38. The lowest BCUT2D eigenvalue weighted by Crippen LogP contribution is -2.49. The van der Waals surface area contributed by atoms with Gasteiger partial charge in [-0.3, -0.25) is 4.79 Å². The summed E-state index contributed by atoms with van der Waals surface area (Å²) in [7, 11) is -3.93. The molecule has 178 valence electrons. The maximum absolute atomic E-state index is 14.3. The van der Waals surface area contributed by atoms with Gasteiger partial charge in [0.15, 0.2) is 9.84 Å². The topological polar surface area (TPSA) is 105 Å². The number of sulfone groups is 1. The highest BCUT2D eigenvalue weighted by atomic mass is 32.2. The third-order valence-corrected chi connectivity index (χ3v) is 8.79. The Bertz CT molecular complexity index is 924. The number of unbranched alkanes of at least 4 members (excludes halogenated alkanes) is 2. The number of nitrogens with one attached hydrogen (secondary N) is 2. The first-order valence-corrected chi connectivity index (χ1v) is 13.2. The Morgan fingerprint density at radius 3 is 2.28 bits per heavy atom. The lowest BCUT2D eigenvalue weighted by atomic mass is 9.81. The molecule has 4 N–H and O–H groups in total. The number of aromatic amines is 1. The normalized spacial score (nSPS) is 14.7. The van der Waals surface area contributed by atoms with E-state index < -0.39 is 26.4 Å².